The van der Waals surface area contributed by atoms with Gasteiger partial charge in [-0.05, 0) is 37.8 Å². The lowest BCUT2D eigenvalue weighted by atomic mass is 10.1. The van der Waals surface area contributed by atoms with Crippen LogP contribution in [0.3, 0.4) is 0 Å². The molecule has 2 N–H and O–H groups in total. The molecule has 2 rings (SSSR count). The van der Waals surface area contributed by atoms with Crippen molar-refractivity contribution in [3.63, 3.8) is 0 Å². The third-order valence-corrected chi connectivity index (χ3v) is 2.47. The molecule has 1 aliphatic carbocycles. The fraction of sp³-hybridized carbons (Fsp3) is 0.556. The summed E-state index contributed by atoms with van der Waals surface area (Å²) >= 11 is 0. The van der Waals surface area contributed by atoms with Crippen LogP contribution < -0.4 is 5.73 Å². The second kappa shape index (κ2) is 2.83. The summed E-state index contributed by atoms with van der Waals surface area (Å²) in [4.78, 5) is 8.57. The first-order valence-electron chi connectivity index (χ1n) is 4.33. The first-order chi connectivity index (χ1) is 5.81. The van der Waals surface area contributed by atoms with E-state index in [1.165, 1.54) is 11.3 Å². The van der Waals surface area contributed by atoms with E-state index < -0.39 is 0 Å². The molecule has 1 aromatic heterocycles. The largest absolute Gasteiger partial charge is 0.330 e. The second-order valence-electron chi connectivity index (χ2n) is 3.29. The maximum atomic E-state index is 5.63. The Morgan fingerprint density at radius 2 is 2.50 bits per heavy atom. The van der Waals surface area contributed by atoms with Gasteiger partial charge in [-0.1, -0.05) is 0 Å². The summed E-state index contributed by atoms with van der Waals surface area (Å²) in [6.45, 7) is 2.65. The van der Waals surface area contributed by atoms with Crippen molar-refractivity contribution < 1.29 is 0 Å². The number of hydrogen-bond donors (Lipinski definition) is 1. The third kappa shape index (κ3) is 1.10. The lowest BCUT2D eigenvalue weighted by Gasteiger charge is -2.06. The molecule has 12 heavy (non-hydrogen) atoms. The van der Waals surface area contributed by atoms with Crippen LogP contribution in [0, 0.1) is 6.92 Å². The van der Waals surface area contributed by atoms with E-state index in [0.717, 1.165) is 25.2 Å². The van der Waals surface area contributed by atoms with E-state index in [-0.39, 0.29) is 0 Å². The van der Waals surface area contributed by atoms with Gasteiger partial charge in [-0.25, -0.2) is 9.97 Å². The highest BCUT2D eigenvalue weighted by Gasteiger charge is 2.22. The van der Waals surface area contributed by atoms with Gasteiger partial charge in [-0.15, -0.1) is 0 Å². The zero-order chi connectivity index (χ0) is 8.55. The first-order valence-corrected chi connectivity index (χ1v) is 4.33. The summed E-state index contributed by atoms with van der Waals surface area (Å²) < 4.78 is 0. The zero-order valence-corrected chi connectivity index (χ0v) is 7.25. The van der Waals surface area contributed by atoms with E-state index >= 15 is 0 Å². The number of aromatic nitrogens is 2. The molecule has 0 aromatic carbocycles. The molecule has 0 saturated carbocycles. The molecule has 0 fully saturated rings. The number of nitrogens with two attached hydrogens (primary N) is 1. The average molecular weight is 163 g/mol. The predicted molar refractivity (Wildman–Crippen MR) is 46.9 cm³/mol. The molecule has 3 heteroatoms. The Labute approximate surface area is 72.0 Å². The molecule has 0 bridgehead atoms. The molecule has 1 atom stereocenters. The van der Waals surface area contributed by atoms with Crippen LogP contribution in [-0.4, -0.2) is 16.5 Å². The van der Waals surface area contributed by atoms with Crippen LogP contribution in [0.15, 0.2) is 6.20 Å². The smallest absolute Gasteiger partial charge is 0.125 e. The molecule has 1 unspecified atom stereocenters. The summed E-state index contributed by atoms with van der Waals surface area (Å²) in [7, 11) is 0. The number of nitrogens with zero attached hydrogens (tertiary/aromatic N) is 2. The Morgan fingerprint density at radius 3 is 3.25 bits per heavy atom. The fourth-order valence-electron chi connectivity index (χ4n) is 1.78. The molecule has 64 valence electrons. The first kappa shape index (κ1) is 7.68. The van der Waals surface area contributed by atoms with Crippen LogP contribution in [0.25, 0.3) is 0 Å². The number of fused-ring (bicyclic) bond motifs is 1. The molecule has 0 radical (unpaired) electrons. The molecule has 0 saturated heterocycles. The van der Waals surface area contributed by atoms with E-state index in [2.05, 4.69) is 9.97 Å². The van der Waals surface area contributed by atoms with E-state index in [9.17, 15) is 0 Å². The van der Waals surface area contributed by atoms with Gasteiger partial charge in [0.15, 0.2) is 0 Å². The zero-order valence-electron chi connectivity index (χ0n) is 7.25. The lowest BCUT2D eigenvalue weighted by Crippen LogP contribution is -2.09. The second-order valence-corrected chi connectivity index (χ2v) is 3.29. The van der Waals surface area contributed by atoms with Gasteiger partial charge in [0.05, 0.1) is 0 Å². The van der Waals surface area contributed by atoms with Crippen molar-refractivity contribution in [1.82, 2.24) is 9.97 Å². The minimum absolute atomic E-state index is 0.501. The maximum Gasteiger partial charge on any atom is 0.125 e. The topological polar surface area (TPSA) is 51.8 Å². The van der Waals surface area contributed by atoms with Crippen molar-refractivity contribution >= 4 is 0 Å². The van der Waals surface area contributed by atoms with Gasteiger partial charge in [-0.3, -0.25) is 0 Å². The molecule has 0 amide bonds. The van der Waals surface area contributed by atoms with E-state index in [4.69, 9.17) is 5.73 Å². The summed E-state index contributed by atoms with van der Waals surface area (Å²) in [5.41, 5.74) is 8.10. The van der Waals surface area contributed by atoms with Crippen molar-refractivity contribution in [2.45, 2.75) is 25.7 Å². The highest BCUT2D eigenvalue weighted by molar-refractivity contribution is 5.27. The van der Waals surface area contributed by atoms with Gasteiger partial charge in [0.1, 0.15) is 5.82 Å². The van der Waals surface area contributed by atoms with Crippen molar-refractivity contribution in [2.75, 3.05) is 6.54 Å². The SMILES string of the molecule is Cc1ncc2c(n1)CCC2CN. The molecule has 0 aliphatic heterocycles. The normalized spacial score (nSPS) is 21.0. The van der Waals surface area contributed by atoms with Crippen molar-refractivity contribution in [1.29, 1.82) is 0 Å². The number of rotatable bonds is 1. The summed E-state index contributed by atoms with van der Waals surface area (Å²) in [6.07, 6.45) is 4.15. The minimum atomic E-state index is 0.501. The highest BCUT2D eigenvalue weighted by atomic mass is 14.9. The van der Waals surface area contributed by atoms with Gasteiger partial charge < -0.3 is 5.73 Å². The van der Waals surface area contributed by atoms with Crippen LogP contribution in [0.1, 0.15) is 29.4 Å². The molecule has 3 nitrogen and oxygen atoms in total. The van der Waals surface area contributed by atoms with Gasteiger partial charge in [0.2, 0.25) is 0 Å². The predicted octanol–water partition coefficient (Wildman–Crippen LogP) is 0.774. The van der Waals surface area contributed by atoms with Crippen LogP contribution in [0.5, 0.6) is 0 Å². The molecular formula is C9H13N3. The molecule has 1 aliphatic rings. The molecule has 0 spiro atoms. The van der Waals surface area contributed by atoms with Gasteiger partial charge in [0, 0.05) is 11.9 Å². The molecular weight excluding hydrogens is 150 g/mol. The third-order valence-electron chi connectivity index (χ3n) is 2.47. The molecule has 1 heterocycles. The summed E-state index contributed by atoms with van der Waals surface area (Å²) in [6, 6.07) is 0. The summed E-state index contributed by atoms with van der Waals surface area (Å²) in [5, 5.41) is 0. The van der Waals surface area contributed by atoms with Crippen molar-refractivity contribution in [3.8, 4) is 0 Å². The van der Waals surface area contributed by atoms with Crippen LogP contribution in [0.4, 0.5) is 0 Å². The van der Waals surface area contributed by atoms with E-state index in [0.29, 0.717) is 5.92 Å². The Kier molecular flexibility index (Phi) is 1.81. The lowest BCUT2D eigenvalue weighted by molar-refractivity contribution is 0.686. The standard InChI is InChI=1S/C9H13N3/c1-6-11-5-8-7(4-10)2-3-9(8)12-6/h5,7H,2-4,10H2,1H3. The Hall–Kier alpha value is -0.960. The van der Waals surface area contributed by atoms with E-state index in [1.54, 1.807) is 0 Å². The van der Waals surface area contributed by atoms with Crippen LogP contribution in [-0.2, 0) is 6.42 Å². The average Bonchev–Trinajstić information content (AvgIpc) is 2.46. The van der Waals surface area contributed by atoms with Gasteiger partial charge in [-0.2, -0.15) is 0 Å². The monoisotopic (exact) mass is 163 g/mol. The van der Waals surface area contributed by atoms with Crippen LogP contribution in [0.2, 0.25) is 0 Å². The number of aryl methyl sites for hydroxylation is 2. The highest BCUT2D eigenvalue weighted by Crippen LogP contribution is 2.29. The van der Waals surface area contributed by atoms with Crippen molar-refractivity contribution in [3.05, 3.63) is 23.3 Å². The maximum absolute atomic E-state index is 5.63. The van der Waals surface area contributed by atoms with Crippen LogP contribution >= 0.6 is 0 Å². The Balaban J connectivity index is 2.40. The quantitative estimate of drug-likeness (QED) is 0.665. The number of hydrogen-bond acceptors (Lipinski definition) is 3. The fourth-order valence-corrected chi connectivity index (χ4v) is 1.78. The van der Waals surface area contributed by atoms with Crippen molar-refractivity contribution in [2.24, 2.45) is 5.73 Å². The Bertz CT molecular complexity index is 296. The van der Waals surface area contributed by atoms with Gasteiger partial charge in [0.25, 0.3) is 0 Å². The van der Waals surface area contributed by atoms with E-state index in [1.807, 2.05) is 13.1 Å². The summed E-state index contributed by atoms with van der Waals surface area (Å²) in [5.74, 6) is 1.37. The molecule has 1 aromatic rings. The Morgan fingerprint density at radius 1 is 1.67 bits per heavy atom. The minimum Gasteiger partial charge on any atom is -0.330 e. The van der Waals surface area contributed by atoms with Gasteiger partial charge >= 0.3 is 0 Å².